The number of nitrogens with two attached hydrogens (primary N) is 2. The topological polar surface area (TPSA) is 166 Å². The molecule has 8 aromatic rings. The van der Waals surface area contributed by atoms with Gasteiger partial charge in [-0.1, -0.05) is 108 Å². The summed E-state index contributed by atoms with van der Waals surface area (Å²) in [5.74, 6) is 2.12. The molecule has 0 aliphatic carbocycles. The van der Waals surface area contributed by atoms with E-state index in [0.29, 0.717) is 41.4 Å². The summed E-state index contributed by atoms with van der Waals surface area (Å²) in [6, 6.07) is 50.6. The van der Waals surface area contributed by atoms with Gasteiger partial charge in [-0.05, 0) is 138 Å². The number of alkyl halides is 1. The molecule has 0 fully saturated rings. The van der Waals surface area contributed by atoms with Crippen LogP contribution in [0.5, 0.6) is 11.5 Å². The van der Waals surface area contributed by atoms with E-state index in [9.17, 15) is 5.11 Å². The normalized spacial score (nSPS) is 10.0. The first-order chi connectivity index (χ1) is 31.6. The van der Waals surface area contributed by atoms with Crippen molar-refractivity contribution in [2.45, 2.75) is 39.8 Å². The van der Waals surface area contributed by atoms with Gasteiger partial charge in [0.2, 0.25) is 0 Å². The van der Waals surface area contributed by atoms with Crippen molar-refractivity contribution < 1.29 is 164 Å². The SMILES string of the molecule is CCCI.CCCOc1ccc(-c2ccc(-c3ccccc3Cl)n2Cc2cccc(N)n2)cc1.Nc1cccc(Cn2c(-c3ccc(O)cc3)ccc2-c2ccccc2Cl)n1.O=CO[O-].[Cs+].[Cs+].[H-]. The third-order valence-electron chi connectivity index (χ3n) is 9.57. The molecule has 4 aromatic heterocycles. The summed E-state index contributed by atoms with van der Waals surface area (Å²) >= 11 is 15.3. The second kappa shape index (κ2) is 31.9. The quantitative estimate of drug-likeness (QED) is 0.0420. The third-order valence-corrected chi connectivity index (χ3v) is 11.3. The van der Waals surface area contributed by atoms with Crippen LogP contribution >= 0.6 is 45.8 Å². The van der Waals surface area contributed by atoms with Crippen LogP contribution in [0.2, 0.25) is 10.0 Å². The molecule has 0 atom stereocenters. The van der Waals surface area contributed by atoms with Crippen molar-refractivity contribution in [2.75, 3.05) is 22.5 Å². The summed E-state index contributed by atoms with van der Waals surface area (Å²) in [5, 5.41) is 19.4. The van der Waals surface area contributed by atoms with Crippen LogP contribution in [-0.2, 0) is 22.8 Å². The summed E-state index contributed by atoms with van der Waals surface area (Å²) in [6.45, 7) is 5.94. The number of pyridine rings is 2. The van der Waals surface area contributed by atoms with E-state index in [1.807, 2.05) is 97.1 Å². The Hall–Kier alpha value is -2.22. The van der Waals surface area contributed by atoms with Gasteiger partial charge < -0.3 is 42.0 Å². The smallest absolute Gasteiger partial charge is 1.00 e. The van der Waals surface area contributed by atoms with Crippen molar-refractivity contribution in [2.24, 2.45) is 0 Å². The molecule has 0 amide bonds. The van der Waals surface area contributed by atoms with Crippen LogP contribution in [0.3, 0.4) is 0 Å². The molecule has 0 bridgehead atoms. The fourth-order valence-corrected chi connectivity index (χ4v) is 7.12. The number of aromatic nitrogens is 4. The van der Waals surface area contributed by atoms with Gasteiger partial charge in [0, 0.05) is 32.6 Å². The van der Waals surface area contributed by atoms with E-state index >= 15 is 0 Å². The Morgan fingerprint density at radius 2 is 1.03 bits per heavy atom. The average Bonchev–Trinajstić information content (AvgIpc) is 3.93. The number of carbonyl (C=O) groups is 1. The predicted octanol–water partition coefficient (Wildman–Crippen LogP) is 5.88. The zero-order chi connectivity index (χ0) is 46.6. The van der Waals surface area contributed by atoms with E-state index in [-0.39, 0.29) is 151 Å². The van der Waals surface area contributed by atoms with Crippen molar-refractivity contribution in [3.8, 4) is 56.5 Å². The van der Waals surface area contributed by atoms with E-state index in [1.54, 1.807) is 24.3 Å². The summed E-state index contributed by atoms with van der Waals surface area (Å²) in [7, 11) is 0. The summed E-state index contributed by atoms with van der Waals surface area (Å²) in [6.07, 6.45) is 2.29. The van der Waals surface area contributed by atoms with Crippen molar-refractivity contribution in [1.29, 1.82) is 0 Å². The minimum absolute atomic E-state index is 0. The molecule has 0 saturated heterocycles. The molecule has 0 aliphatic rings. The summed E-state index contributed by atoms with van der Waals surface area (Å²) in [4.78, 5) is 20.2. The van der Waals surface area contributed by atoms with Crippen LogP contribution in [0.25, 0.3) is 45.0 Å². The van der Waals surface area contributed by atoms with Crippen molar-refractivity contribution in [1.82, 2.24) is 19.1 Å². The molecule has 8 rings (SSSR count). The number of hydrogen-bond donors (Lipinski definition) is 3. The van der Waals surface area contributed by atoms with Crippen LogP contribution in [0.4, 0.5) is 11.6 Å². The van der Waals surface area contributed by atoms with E-state index in [4.69, 9.17) is 49.5 Å². The molecule has 0 aliphatic heterocycles. The van der Waals surface area contributed by atoms with Crippen molar-refractivity contribution in [3.05, 3.63) is 179 Å². The fraction of sp³-hybridized carbons (Fsp3) is 0.157. The first-order valence-corrected chi connectivity index (χ1v) is 23.0. The van der Waals surface area contributed by atoms with E-state index in [2.05, 4.69) is 96.8 Å². The summed E-state index contributed by atoms with van der Waals surface area (Å²) < 4.78 is 11.4. The molecule has 67 heavy (non-hydrogen) atoms. The molecular weight excluding hydrogens is 1240 g/mol. The second-order valence-corrected chi connectivity index (χ2v) is 16.1. The number of phenolic OH excluding ortho intramolecular Hbond substituents is 1. The predicted molar refractivity (Wildman–Crippen MR) is 271 cm³/mol. The van der Waals surface area contributed by atoms with Gasteiger partial charge >= 0.3 is 138 Å². The Morgan fingerprint density at radius 3 is 1.40 bits per heavy atom. The second-order valence-electron chi connectivity index (χ2n) is 14.2. The standard InChI is InChI=1S/C25H24ClN3O.C22H18ClN3O.C3H7I.CH2O3.2Cs.H/c1-2-16-30-20-12-10-18(11-13-20)23-14-15-24(21-7-3-4-8-22(21)26)29(23)17-19-6-5-9-25(27)28-19;23-19-6-2-1-5-18(19)21-13-12-20(15-8-10-17(27)11-9-15)26(21)14-16-4-3-7-22(24)25-16;1-2-3-4;2-1-4-3;;;/h3-15H,2,16-17H2,1H3,(H2,27,28);1-13,27H,14H2,(H2,24,25);2-3H2,1H3;1,3H;;;/q;;;;2*+1;-1/p-1. The molecule has 5 N–H and O–H groups in total. The van der Waals surface area contributed by atoms with Gasteiger partial charge in [-0.2, -0.15) is 0 Å². The molecule has 338 valence electrons. The molecule has 0 unspecified atom stereocenters. The third kappa shape index (κ3) is 18.2. The molecule has 0 spiro atoms. The number of carbonyl (C=O) groups excluding carboxylic acids is 1. The van der Waals surface area contributed by atoms with Crippen molar-refractivity contribution >= 4 is 63.9 Å². The Bertz CT molecular complexity index is 2730. The first kappa shape index (κ1) is 59.1. The van der Waals surface area contributed by atoms with Gasteiger partial charge in [0.25, 0.3) is 6.47 Å². The Kier molecular flexibility index (Phi) is 28.1. The largest absolute Gasteiger partial charge is 1.00 e. The maximum Gasteiger partial charge on any atom is 1.00 e. The number of nitrogens with zero attached hydrogens (tertiary/aromatic N) is 4. The van der Waals surface area contributed by atoms with E-state index < -0.39 is 0 Å². The zero-order valence-electron chi connectivity index (χ0n) is 39.0. The van der Waals surface area contributed by atoms with E-state index in [1.165, 1.54) is 10.8 Å². The molecule has 4 heterocycles. The van der Waals surface area contributed by atoms with Gasteiger partial charge in [0.1, 0.15) is 23.1 Å². The number of nitrogen functional groups attached to an aromatic ring is 2. The van der Waals surface area contributed by atoms with Crippen LogP contribution < -0.4 is 159 Å². The monoisotopic (exact) mass is 1290 g/mol. The number of benzene rings is 4. The van der Waals surface area contributed by atoms with Gasteiger partial charge in [-0.25, -0.2) is 9.97 Å². The minimum atomic E-state index is -0.181. The summed E-state index contributed by atoms with van der Waals surface area (Å²) in [5.41, 5.74) is 21.7. The van der Waals surface area contributed by atoms with Gasteiger partial charge in [-0.15, -0.1) is 0 Å². The van der Waals surface area contributed by atoms with Gasteiger partial charge in [-0.3, -0.25) is 4.79 Å². The minimum Gasteiger partial charge on any atom is -1.00 e. The zero-order valence-corrected chi connectivity index (χ0v) is 54.2. The average molecular weight is 1290 g/mol. The molecule has 11 nitrogen and oxygen atoms in total. The van der Waals surface area contributed by atoms with E-state index in [0.717, 1.165) is 68.6 Å². The Morgan fingerprint density at radius 1 is 0.627 bits per heavy atom. The van der Waals surface area contributed by atoms with Crippen molar-refractivity contribution in [3.63, 3.8) is 0 Å². The number of rotatable bonds is 13. The maximum absolute atomic E-state index is 9.61. The van der Waals surface area contributed by atoms with Gasteiger partial charge in [0.05, 0.1) is 42.5 Å². The number of hydrogen-bond acceptors (Lipinski definition) is 9. The number of anilines is 2. The fourth-order valence-electron chi connectivity index (χ4n) is 6.66. The maximum atomic E-state index is 9.61. The Balaban J connectivity index is 0.000000390. The Labute approximate surface area is 535 Å². The van der Waals surface area contributed by atoms with Crippen LogP contribution in [0.15, 0.2) is 158 Å². The van der Waals surface area contributed by atoms with Crippen LogP contribution in [0, 0.1) is 0 Å². The number of aromatic hydroxyl groups is 1. The molecular formula is C51H51Cl2Cs2IN6O5. The van der Waals surface area contributed by atoms with Crippen LogP contribution in [-0.4, -0.2) is 41.7 Å². The molecule has 0 radical (unpaired) electrons. The first-order valence-electron chi connectivity index (χ1n) is 20.7. The number of ether oxygens (including phenoxy) is 1. The van der Waals surface area contributed by atoms with Crippen LogP contribution in [0.1, 0.15) is 39.5 Å². The molecule has 0 saturated carbocycles. The van der Waals surface area contributed by atoms with Gasteiger partial charge in [0.15, 0.2) is 0 Å². The molecule has 16 heteroatoms. The molecule has 4 aromatic carbocycles. The number of phenols is 1. The number of halogens is 3.